The molecule has 3 aromatic rings. The van der Waals surface area contributed by atoms with E-state index in [9.17, 15) is 20.1 Å². The molecule has 4 rings (SSSR count). The van der Waals surface area contributed by atoms with Crippen LogP contribution in [0.15, 0.2) is 47.2 Å². The van der Waals surface area contributed by atoms with Gasteiger partial charge in [-0.1, -0.05) is 37.6 Å². The van der Waals surface area contributed by atoms with Crippen LogP contribution in [0.25, 0.3) is 10.6 Å². The Balaban J connectivity index is 1.48. The van der Waals surface area contributed by atoms with E-state index in [0.717, 1.165) is 21.2 Å². The van der Waals surface area contributed by atoms with Gasteiger partial charge in [-0.25, -0.2) is 4.98 Å². The summed E-state index contributed by atoms with van der Waals surface area (Å²) in [5.41, 5.74) is 7.17. The van der Waals surface area contributed by atoms with Crippen LogP contribution in [-0.2, 0) is 20.7 Å². The summed E-state index contributed by atoms with van der Waals surface area (Å²) in [6.45, 7) is 3.56. The Hall–Kier alpha value is -2.31. The normalized spacial score (nSPS) is 24.8. The first-order valence-corrected chi connectivity index (χ1v) is 13.2. The number of carbonyl (C=O) groups excluding carboxylic acids is 1. The van der Waals surface area contributed by atoms with Crippen LogP contribution in [0, 0.1) is 5.92 Å². The van der Waals surface area contributed by atoms with Crippen LogP contribution >= 0.6 is 22.9 Å². The van der Waals surface area contributed by atoms with Gasteiger partial charge in [0.15, 0.2) is 0 Å². The number of hydrogen-bond acceptors (Lipinski definition) is 10. The van der Waals surface area contributed by atoms with Gasteiger partial charge in [-0.3, -0.25) is 4.79 Å². The molecular formula is C26H31ClN2O7S. The third-order valence-electron chi connectivity index (χ3n) is 6.19. The van der Waals surface area contributed by atoms with Gasteiger partial charge in [0, 0.05) is 17.6 Å². The molecule has 6 atom stereocenters. The Labute approximate surface area is 223 Å². The lowest BCUT2D eigenvalue weighted by molar-refractivity contribution is -0.234. The average molecular weight is 551 g/mol. The summed E-state index contributed by atoms with van der Waals surface area (Å²) in [7, 11) is 0. The molecule has 5 N–H and O–H groups in total. The molecule has 0 saturated carbocycles. The zero-order valence-corrected chi connectivity index (χ0v) is 22.1. The molecule has 0 aliphatic carbocycles. The number of nitrogens with two attached hydrogens (primary N) is 1. The topological polar surface area (TPSA) is 148 Å². The standard InChI is InChI=1S/C26H31ClN2O7S/c1-13(2)8-17(28)26(33)35-12-19-22(30)23(31)24(32)25(36-19)14-5-6-16(27)15(9-14)10-21-29-11-20(37-21)18-4-3-7-34-18/h3-7,9,11,13,17,19,22-25,30-32H,8,10,12,28H2,1-2H3/t17?,19-,22-,23+,24-,25+/m1/s1. The van der Waals surface area contributed by atoms with Crippen molar-refractivity contribution >= 4 is 28.9 Å². The van der Waals surface area contributed by atoms with Crippen LogP contribution in [0.4, 0.5) is 0 Å². The molecule has 37 heavy (non-hydrogen) atoms. The fraction of sp³-hybridized carbons (Fsp3) is 0.462. The van der Waals surface area contributed by atoms with E-state index >= 15 is 0 Å². The van der Waals surface area contributed by atoms with Crippen LogP contribution in [0.5, 0.6) is 0 Å². The first kappa shape index (κ1) is 27.7. The van der Waals surface area contributed by atoms with E-state index in [-0.39, 0.29) is 12.5 Å². The van der Waals surface area contributed by atoms with Crippen LogP contribution in [-0.4, -0.2) is 63.3 Å². The van der Waals surface area contributed by atoms with E-state index < -0.39 is 42.5 Å². The fourth-order valence-corrected chi connectivity index (χ4v) is 5.33. The van der Waals surface area contributed by atoms with Crippen LogP contribution in [0.2, 0.25) is 5.02 Å². The van der Waals surface area contributed by atoms with Crippen molar-refractivity contribution in [1.82, 2.24) is 4.98 Å². The maximum absolute atomic E-state index is 12.2. The monoisotopic (exact) mass is 550 g/mol. The summed E-state index contributed by atoms with van der Waals surface area (Å²) in [4.78, 5) is 17.6. The lowest BCUT2D eigenvalue weighted by Crippen LogP contribution is -2.55. The molecule has 11 heteroatoms. The molecule has 1 aliphatic rings. The summed E-state index contributed by atoms with van der Waals surface area (Å²) in [5, 5.41) is 33.0. The molecule has 1 saturated heterocycles. The number of aliphatic hydroxyl groups is 3. The van der Waals surface area contributed by atoms with E-state index in [2.05, 4.69) is 4.98 Å². The quantitative estimate of drug-likeness (QED) is 0.295. The van der Waals surface area contributed by atoms with Gasteiger partial charge in [0.2, 0.25) is 0 Å². The van der Waals surface area contributed by atoms with Crippen molar-refractivity contribution in [3.8, 4) is 10.6 Å². The number of aromatic nitrogens is 1. The molecule has 0 radical (unpaired) electrons. The van der Waals surface area contributed by atoms with Crippen molar-refractivity contribution in [2.24, 2.45) is 11.7 Å². The summed E-state index contributed by atoms with van der Waals surface area (Å²) >= 11 is 7.93. The number of aliphatic hydroxyl groups excluding tert-OH is 3. The molecular weight excluding hydrogens is 520 g/mol. The van der Waals surface area contributed by atoms with Crippen molar-refractivity contribution in [1.29, 1.82) is 0 Å². The summed E-state index contributed by atoms with van der Waals surface area (Å²) in [5.74, 6) is 0.320. The largest absolute Gasteiger partial charge is 0.463 e. The Bertz CT molecular complexity index is 1190. The molecule has 0 spiro atoms. The molecule has 1 aromatic carbocycles. The van der Waals surface area contributed by atoms with Gasteiger partial charge in [0.05, 0.1) is 16.1 Å². The SMILES string of the molecule is CC(C)CC(N)C(=O)OC[C@H]1O[C@@H](c2ccc(Cl)c(Cc3ncc(-c4ccco4)s3)c2)[C@H](O)[C@@H](O)[C@@H]1O. The molecule has 1 unspecified atom stereocenters. The smallest absolute Gasteiger partial charge is 0.323 e. The third kappa shape index (κ3) is 6.58. The number of benzene rings is 1. The second kappa shape index (κ2) is 12.0. The van der Waals surface area contributed by atoms with Gasteiger partial charge in [0.25, 0.3) is 0 Å². The number of hydrogen-bond donors (Lipinski definition) is 4. The number of rotatable bonds is 9. The lowest BCUT2D eigenvalue weighted by Gasteiger charge is -2.40. The van der Waals surface area contributed by atoms with E-state index in [0.29, 0.717) is 23.4 Å². The molecule has 1 aliphatic heterocycles. The van der Waals surface area contributed by atoms with Crippen molar-refractivity contribution in [2.75, 3.05) is 6.61 Å². The van der Waals surface area contributed by atoms with Crippen molar-refractivity contribution < 1.29 is 34.0 Å². The van der Waals surface area contributed by atoms with Crippen LogP contribution < -0.4 is 5.73 Å². The third-order valence-corrected chi connectivity index (χ3v) is 7.57. The molecule has 3 heterocycles. The first-order chi connectivity index (χ1) is 17.6. The number of halogens is 1. The Morgan fingerprint density at radius 1 is 1.22 bits per heavy atom. The molecule has 0 amide bonds. The van der Waals surface area contributed by atoms with E-state index in [1.165, 1.54) is 11.3 Å². The van der Waals surface area contributed by atoms with Crippen molar-refractivity contribution in [3.63, 3.8) is 0 Å². The van der Waals surface area contributed by atoms with Gasteiger partial charge >= 0.3 is 5.97 Å². The highest BCUT2D eigenvalue weighted by Crippen LogP contribution is 2.35. The summed E-state index contributed by atoms with van der Waals surface area (Å²) in [6.07, 6.45) is -2.21. The fourth-order valence-electron chi connectivity index (χ4n) is 4.23. The van der Waals surface area contributed by atoms with Gasteiger partial charge < -0.3 is 34.9 Å². The highest BCUT2D eigenvalue weighted by molar-refractivity contribution is 7.15. The average Bonchev–Trinajstić information content (AvgIpc) is 3.55. The predicted octanol–water partition coefficient (Wildman–Crippen LogP) is 3.09. The zero-order chi connectivity index (χ0) is 26.7. The number of carbonyl (C=O) groups is 1. The van der Waals surface area contributed by atoms with E-state index in [4.69, 9.17) is 31.2 Å². The summed E-state index contributed by atoms with van der Waals surface area (Å²) < 4.78 is 16.6. The highest BCUT2D eigenvalue weighted by Gasteiger charge is 2.45. The molecule has 2 aromatic heterocycles. The van der Waals surface area contributed by atoms with Gasteiger partial charge in [-0.2, -0.15) is 0 Å². The van der Waals surface area contributed by atoms with Gasteiger partial charge in [-0.15, -0.1) is 11.3 Å². The number of thiazole rings is 1. The minimum absolute atomic E-state index is 0.209. The zero-order valence-electron chi connectivity index (χ0n) is 20.5. The minimum Gasteiger partial charge on any atom is -0.463 e. The molecule has 0 bridgehead atoms. The van der Waals surface area contributed by atoms with Crippen molar-refractivity contribution in [2.45, 2.75) is 63.3 Å². The first-order valence-electron chi connectivity index (χ1n) is 12.0. The number of ether oxygens (including phenoxy) is 2. The summed E-state index contributed by atoms with van der Waals surface area (Å²) in [6, 6.07) is 8.01. The molecule has 1 fully saturated rings. The predicted molar refractivity (Wildman–Crippen MR) is 138 cm³/mol. The maximum Gasteiger partial charge on any atom is 0.323 e. The van der Waals surface area contributed by atoms with E-state index in [1.807, 2.05) is 26.0 Å². The number of esters is 1. The Morgan fingerprint density at radius 3 is 2.70 bits per heavy atom. The Morgan fingerprint density at radius 2 is 2.00 bits per heavy atom. The highest BCUT2D eigenvalue weighted by atomic mass is 35.5. The van der Waals surface area contributed by atoms with Crippen molar-refractivity contribution in [3.05, 3.63) is 63.9 Å². The van der Waals surface area contributed by atoms with E-state index in [1.54, 1.807) is 30.7 Å². The molecule has 9 nitrogen and oxygen atoms in total. The maximum atomic E-state index is 12.2. The van der Waals surface area contributed by atoms with Gasteiger partial charge in [-0.05, 0) is 41.7 Å². The second-order valence-corrected chi connectivity index (χ2v) is 11.1. The number of nitrogens with zero attached hydrogens (tertiary/aromatic N) is 1. The van der Waals surface area contributed by atoms with Gasteiger partial charge in [0.1, 0.15) is 48.9 Å². The minimum atomic E-state index is -1.51. The second-order valence-electron chi connectivity index (χ2n) is 9.56. The Kier molecular flexibility index (Phi) is 9.02. The lowest BCUT2D eigenvalue weighted by atomic mass is 9.90. The number of furan rings is 1. The van der Waals surface area contributed by atoms with Crippen LogP contribution in [0.3, 0.4) is 0 Å². The molecule has 200 valence electrons. The van der Waals surface area contributed by atoms with Crippen LogP contribution in [0.1, 0.15) is 42.5 Å².